The summed E-state index contributed by atoms with van der Waals surface area (Å²) in [5, 5.41) is 2.05. The van der Waals surface area contributed by atoms with Crippen LogP contribution in [-0.4, -0.2) is 26.6 Å². The van der Waals surface area contributed by atoms with Crippen molar-refractivity contribution < 1.29 is 26.4 Å². The van der Waals surface area contributed by atoms with E-state index in [4.69, 9.17) is 11.6 Å². The van der Waals surface area contributed by atoms with E-state index in [1.807, 2.05) is 0 Å². The van der Waals surface area contributed by atoms with Crippen LogP contribution < -0.4 is 9.62 Å². The maximum absolute atomic E-state index is 13.3. The number of nitrogens with one attached hydrogen (secondary N) is 1. The molecule has 10 heteroatoms. The highest BCUT2D eigenvalue weighted by molar-refractivity contribution is 7.92. The topological polar surface area (TPSA) is 66.5 Å². The summed E-state index contributed by atoms with van der Waals surface area (Å²) < 4.78 is 65.3. The van der Waals surface area contributed by atoms with Gasteiger partial charge in [0, 0.05) is 5.02 Å². The molecule has 0 aliphatic rings. The molecule has 0 heterocycles. The Morgan fingerprint density at radius 1 is 1.18 bits per heavy atom. The molecule has 1 N–H and O–H groups in total. The predicted molar refractivity (Wildman–Crippen MR) is 103 cm³/mol. The third-order valence-corrected chi connectivity index (χ3v) is 5.30. The summed E-state index contributed by atoms with van der Waals surface area (Å²) in [6, 6.07) is 9.56. The molecule has 2 aromatic rings. The number of hydrogen-bond donors (Lipinski definition) is 1. The second-order valence-electron chi connectivity index (χ2n) is 6.00. The summed E-state index contributed by atoms with van der Waals surface area (Å²) in [6.07, 6.45) is -3.77. The van der Waals surface area contributed by atoms with E-state index in [0.29, 0.717) is 6.07 Å². The zero-order valence-electron chi connectivity index (χ0n) is 15.0. The van der Waals surface area contributed by atoms with Crippen LogP contribution in [0.5, 0.6) is 0 Å². The van der Waals surface area contributed by atoms with Gasteiger partial charge in [-0.1, -0.05) is 36.7 Å². The Kier molecular flexibility index (Phi) is 6.61. The second kappa shape index (κ2) is 8.40. The van der Waals surface area contributed by atoms with Crippen molar-refractivity contribution in [3.05, 3.63) is 59.1 Å². The predicted octanol–water partition coefficient (Wildman–Crippen LogP) is 4.54. The number of halogens is 4. The van der Waals surface area contributed by atoms with E-state index in [1.165, 1.54) is 18.2 Å². The van der Waals surface area contributed by atoms with Crippen LogP contribution in [0.25, 0.3) is 0 Å². The number of carbonyl (C=O) groups excluding carboxylic acids is 1. The van der Waals surface area contributed by atoms with Crippen molar-refractivity contribution in [3.63, 3.8) is 0 Å². The average Bonchev–Trinajstić information content (AvgIpc) is 2.59. The first-order valence-corrected chi connectivity index (χ1v) is 10.4. The number of alkyl halides is 3. The fourth-order valence-electron chi connectivity index (χ4n) is 2.71. The lowest BCUT2D eigenvalue weighted by Crippen LogP contribution is -2.47. The van der Waals surface area contributed by atoms with E-state index in [-0.39, 0.29) is 17.1 Å². The number of hydrogen-bond acceptors (Lipinski definition) is 3. The number of carbonyl (C=O) groups is 1. The average molecular weight is 435 g/mol. The number of benzene rings is 2. The molecule has 0 saturated heterocycles. The Balaban J connectivity index is 2.44. The van der Waals surface area contributed by atoms with Gasteiger partial charge in [-0.2, -0.15) is 13.2 Å². The van der Waals surface area contributed by atoms with Crippen molar-refractivity contribution in [3.8, 4) is 0 Å². The molecule has 0 radical (unpaired) electrons. The molecule has 2 rings (SSSR count). The van der Waals surface area contributed by atoms with Crippen LogP contribution in [0.4, 0.5) is 24.5 Å². The Hall–Kier alpha value is -2.26. The van der Waals surface area contributed by atoms with Gasteiger partial charge >= 0.3 is 6.18 Å². The van der Waals surface area contributed by atoms with Crippen LogP contribution in [0, 0.1) is 0 Å². The third kappa shape index (κ3) is 5.17. The van der Waals surface area contributed by atoms with Crippen LogP contribution in [0.2, 0.25) is 5.02 Å². The Morgan fingerprint density at radius 3 is 2.29 bits per heavy atom. The number of nitrogens with zero attached hydrogens (tertiary/aromatic N) is 1. The molecule has 2 aromatic carbocycles. The van der Waals surface area contributed by atoms with Crippen molar-refractivity contribution in [1.29, 1.82) is 0 Å². The Labute approximate surface area is 166 Å². The van der Waals surface area contributed by atoms with Gasteiger partial charge in [0.05, 0.1) is 23.2 Å². The van der Waals surface area contributed by atoms with Gasteiger partial charge in [-0.15, -0.1) is 0 Å². The van der Waals surface area contributed by atoms with E-state index in [0.717, 1.165) is 16.6 Å². The molecule has 0 fully saturated rings. The largest absolute Gasteiger partial charge is 0.418 e. The third-order valence-electron chi connectivity index (χ3n) is 3.89. The zero-order valence-corrected chi connectivity index (χ0v) is 16.6. The minimum absolute atomic E-state index is 0.0444. The van der Waals surface area contributed by atoms with Crippen molar-refractivity contribution in [2.75, 3.05) is 15.9 Å². The summed E-state index contributed by atoms with van der Waals surface area (Å²) in [5.74, 6) is -0.885. The molecular weight excluding hydrogens is 417 g/mol. The lowest BCUT2D eigenvalue weighted by atomic mass is 10.1. The molecule has 28 heavy (non-hydrogen) atoms. The van der Waals surface area contributed by atoms with Crippen LogP contribution in [-0.2, 0) is 21.0 Å². The molecule has 0 unspecified atom stereocenters. The van der Waals surface area contributed by atoms with Gasteiger partial charge in [-0.3, -0.25) is 9.10 Å². The summed E-state index contributed by atoms with van der Waals surface area (Å²) in [5.41, 5.74) is -1.38. The Bertz CT molecular complexity index is 950. The molecule has 0 aliphatic carbocycles. The fourth-order valence-corrected chi connectivity index (χ4v) is 4.10. The number of rotatable bonds is 6. The van der Waals surface area contributed by atoms with E-state index in [1.54, 1.807) is 25.1 Å². The second-order valence-corrected chi connectivity index (χ2v) is 8.29. The number of anilines is 2. The first kappa shape index (κ1) is 22.0. The van der Waals surface area contributed by atoms with Crippen LogP contribution in [0.1, 0.15) is 18.9 Å². The van der Waals surface area contributed by atoms with Gasteiger partial charge in [0.2, 0.25) is 15.9 Å². The lowest BCUT2D eigenvalue weighted by molar-refractivity contribution is -0.137. The lowest BCUT2D eigenvalue weighted by Gasteiger charge is -2.30. The van der Waals surface area contributed by atoms with Crippen molar-refractivity contribution in [2.24, 2.45) is 0 Å². The summed E-state index contributed by atoms with van der Waals surface area (Å²) >= 11 is 5.64. The quantitative estimate of drug-likeness (QED) is 0.725. The van der Waals surface area contributed by atoms with E-state index >= 15 is 0 Å². The van der Waals surface area contributed by atoms with E-state index in [2.05, 4.69) is 5.32 Å². The fraction of sp³-hybridized carbons (Fsp3) is 0.278. The first-order valence-electron chi connectivity index (χ1n) is 8.17. The monoisotopic (exact) mass is 434 g/mol. The smallest absolute Gasteiger partial charge is 0.324 e. The maximum Gasteiger partial charge on any atom is 0.418 e. The molecule has 1 amide bonds. The summed E-state index contributed by atoms with van der Waals surface area (Å²) in [6.45, 7) is 1.57. The summed E-state index contributed by atoms with van der Waals surface area (Å²) in [4.78, 5) is 12.8. The molecule has 152 valence electrons. The molecule has 0 spiro atoms. The van der Waals surface area contributed by atoms with Crippen molar-refractivity contribution >= 4 is 38.9 Å². The molecule has 0 aliphatic heterocycles. The van der Waals surface area contributed by atoms with Gasteiger partial charge in [0.1, 0.15) is 6.04 Å². The standard InChI is InChI=1S/C18H18ClF3N2O3S/c1-3-16(24(28(2,26)27)13-7-5-4-6-8-13)17(25)23-15-10-9-12(19)11-14(15)18(20,21)22/h4-11,16H,3H2,1-2H3,(H,23,25)/t16-/m1/s1. The van der Waals surface area contributed by atoms with Gasteiger partial charge in [0.15, 0.2) is 0 Å². The highest BCUT2D eigenvalue weighted by Gasteiger charge is 2.36. The molecule has 5 nitrogen and oxygen atoms in total. The Morgan fingerprint density at radius 2 is 1.79 bits per heavy atom. The molecular formula is C18H18ClF3N2O3S. The van der Waals surface area contributed by atoms with Gasteiger partial charge in [-0.05, 0) is 36.8 Å². The number of amides is 1. The number of sulfonamides is 1. The first-order chi connectivity index (χ1) is 12.9. The molecule has 0 saturated carbocycles. The van der Waals surface area contributed by atoms with E-state index in [9.17, 15) is 26.4 Å². The maximum atomic E-state index is 13.3. The summed E-state index contributed by atoms with van der Waals surface area (Å²) in [7, 11) is -3.88. The van der Waals surface area contributed by atoms with Crippen molar-refractivity contribution in [2.45, 2.75) is 25.6 Å². The van der Waals surface area contributed by atoms with Crippen molar-refractivity contribution in [1.82, 2.24) is 0 Å². The highest BCUT2D eigenvalue weighted by Crippen LogP contribution is 2.36. The zero-order chi connectivity index (χ0) is 21.1. The molecule has 0 bridgehead atoms. The normalized spacial score (nSPS) is 13.1. The van der Waals surface area contributed by atoms with E-state index < -0.39 is 39.4 Å². The SMILES string of the molecule is CC[C@H](C(=O)Nc1ccc(Cl)cc1C(F)(F)F)N(c1ccccc1)S(C)(=O)=O. The molecule has 1 atom stereocenters. The molecule has 0 aromatic heterocycles. The minimum atomic E-state index is -4.74. The van der Waals surface area contributed by atoms with Crippen LogP contribution >= 0.6 is 11.6 Å². The van der Waals surface area contributed by atoms with Crippen LogP contribution in [0.3, 0.4) is 0 Å². The number of para-hydroxylation sites is 1. The minimum Gasteiger partial charge on any atom is -0.324 e. The van der Waals surface area contributed by atoms with Gasteiger partial charge < -0.3 is 5.32 Å². The van der Waals surface area contributed by atoms with Gasteiger partial charge in [-0.25, -0.2) is 8.42 Å². The van der Waals surface area contributed by atoms with Gasteiger partial charge in [0.25, 0.3) is 0 Å². The van der Waals surface area contributed by atoms with Crippen LogP contribution in [0.15, 0.2) is 48.5 Å². The highest BCUT2D eigenvalue weighted by atomic mass is 35.5.